The summed E-state index contributed by atoms with van der Waals surface area (Å²) in [5.41, 5.74) is 8.96. The second kappa shape index (κ2) is 18.1. The van der Waals surface area contributed by atoms with Gasteiger partial charge in [-0.3, -0.25) is 38.9 Å². The van der Waals surface area contributed by atoms with E-state index in [-0.39, 0.29) is 60.9 Å². The summed E-state index contributed by atoms with van der Waals surface area (Å²) in [7, 11) is 0. The number of rotatable bonds is 16. The van der Waals surface area contributed by atoms with Crippen molar-refractivity contribution >= 4 is 41.0 Å². The van der Waals surface area contributed by atoms with Crippen LogP contribution in [0.1, 0.15) is 50.2 Å². The molecule has 63 heavy (non-hydrogen) atoms. The Balaban J connectivity index is 0.755. The number of nitrogens with zero attached hydrogens (tertiary/aromatic N) is 5. The topological polar surface area (TPSA) is 198 Å². The zero-order valence-electron chi connectivity index (χ0n) is 33.6. The maximum atomic E-state index is 13.2. The molecule has 0 aliphatic carbocycles. The molecule has 5 aromatic rings. The molecule has 3 aromatic carbocycles. The zero-order valence-corrected chi connectivity index (χ0v) is 33.6. The SMILES string of the molecule is Nc1ncc(-c2cnn(CCOCCOCCOc3ccc4c(c3)C(=O)N(C3CCC(=O)NC3=O)C4=O)c2)cc1Oc1ccc2c(c1)CCN2C(=O)Cc1cccc(C(F)(F)F)c1. The number of benzene rings is 3. The van der Waals surface area contributed by atoms with Crippen molar-refractivity contribution in [2.75, 3.05) is 50.2 Å². The highest BCUT2D eigenvalue weighted by atomic mass is 19.4. The molecule has 326 valence electrons. The monoisotopic (exact) mass is 867 g/mol. The van der Waals surface area contributed by atoms with Crippen molar-refractivity contribution in [2.24, 2.45) is 0 Å². The standard InChI is InChI=1S/C44H40F3N7O9/c45-44(46,47)30-3-1-2-26(18-30)19-39(56)53-11-10-27-20-32(5-7-35(27)53)63-37-21-28(23-49-40(37)48)29-24-50-52(25-29)12-13-60-14-15-61-16-17-62-31-4-6-33-34(22-31)43(59)54(42(33)58)36-8-9-38(55)51-41(36)57/h1-7,18,20-25,36H,8-17,19H2,(H2,48,49)(H,51,55,57). The number of pyridine rings is 1. The summed E-state index contributed by atoms with van der Waals surface area (Å²) in [6, 6.07) is 15.3. The Morgan fingerprint density at radius 3 is 2.43 bits per heavy atom. The smallest absolute Gasteiger partial charge is 0.416 e. The first-order chi connectivity index (χ1) is 30.3. The summed E-state index contributed by atoms with van der Waals surface area (Å²) in [5, 5.41) is 6.59. The van der Waals surface area contributed by atoms with Crippen LogP contribution in [0.5, 0.6) is 17.2 Å². The Bertz CT molecular complexity index is 2600. The molecule has 3 aliphatic rings. The number of nitrogens with two attached hydrogens (primary N) is 1. The number of alkyl halides is 3. The van der Waals surface area contributed by atoms with E-state index in [1.54, 1.807) is 46.2 Å². The maximum Gasteiger partial charge on any atom is 0.416 e. The molecule has 0 bridgehead atoms. The third-order valence-corrected chi connectivity index (χ3v) is 10.7. The first-order valence-electron chi connectivity index (χ1n) is 20.0. The first kappa shape index (κ1) is 42.6. The molecule has 19 heteroatoms. The molecule has 16 nitrogen and oxygen atoms in total. The van der Waals surface area contributed by atoms with Crippen molar-refractivity contribution in [3.63, 3.8) is 0 Å². The molecular weight excluding hydrogens is 828 g/mol. The fraction of sp³-hybridized carbons (Fsp3) is 0.295. The first-order valence-corrected chi connectivity index (χ1v) is 20.0. The summed E-state index contributed by atoms with van der Waals surface area (Å²) >= 11 is 0. The van der Waals surface area contributed by atoms with Crippen LogP contribution < -0.4 is 25.4 Å². The van der Waals surface area contributed by atoms with Crippen LogP contribution in [0, 0.1) is 0 Å². The number of nitrogens with one attached hydrogen (secondary N) is 1. The van der Waals surface area contributed by atoms with E-state index in [1.807, 2.05) is 12.3 Å². The Morgan fingerprint density at radius 2 is 1.62 bits per heavy atom. The highest BCUT2D eigenvalue weighted by Gasteiger charge is 2.44. The van der Waals surface area contributed by atoms with Crippen LogP contribution in [0.3, 0.4) is 0 Å². The van der Waals surface area contributed by atoms with E-state index in [0.717, 1.165) is 28.2 Å². The Morgan fingerprint density at radius 1 is 0.841 bits per heavy atom. The lowest BCUT2D eigenvalue weighted by Crippen LogP contribution is -2.54. The number of nitrogen functional groups attached to an aromatic ring is 1. The molecule has 1 atom stereocenters. The molecular formula is C44H40F3N7O9. The fourth-order valence-electron chi connectivity index (χ4n) is 7.52. The number of hydrogen-bond donors (Lipinski definition) is 2. The Kier molecular flexibility index (Phi) is 12.2. The molecule has 2 aromatic heterocycles. The van der Waals surface area contributed by atoms with Crippen LogP contribution in [-0.4, -0.2) is 94.8 Å². The summed E-state index contributed by atoms with van der Waals surface area (Å²) in [6.07, 6.45) is 1.13. The highest BCUT2D eigenvalue weighted by Crippen LogP contribution is 2.37. The van der Waals surface area contributed by atoms with Crippen LogP contribution in [0.2, 0.25) is 0 Å². The largest absolute Gasteiger partial charge is 0.491 e. The van der Waals surface area contributed by atoms with Gasteiger partial charge in [0.15, 0.2) is 11.6 Å². The summed E-state index contributed by atoms with van der Waals surface area (Å²) in [5.74, 6) is -1.29. The van der Waals surface area contributed by atoms with Gasteiger partial charge in [0.25, 0.3) is 11.8 Å². The minimum absolute atomic E-state index is 0.0381. The van der Waals surface area contributed by atoms with Gasteiger partial charge in [-0.25, -0.2) is 4.98 Å². The lowest BCUT2D eigenvalue weighted by molar-refractivity contribution is -0.138. The van der Waals surface area contributed by atoms with Gasteiger partial charge in [-0.05, 0) is 72.5 Å². The summed E-state index contributed by atoms with van der Waals surface area (Å²) < 4.78 is 64.4. The fourth-order valence-corrected chi connectivity index (χ4v) is 7.52. The van der Waals surface area contributed by atoms with E-state index >= 15 is 0 Å². The third kappa shape index (κ3) is 9.53. The molecule has 5 amide bonds. The van der Waals surface area contributed by atoms with Crippen molar-refractivity contribution in [3.05, 3.63) is 113 Å². The molecule has 8 rings (SSSR count). The quantitative estimate of drug-likeness (QED) is 0.0998. The predicted octanol–water partition coefficient (Wildman–Crippen LogP) is 4.98. The molecule has 1 fully saturated rings. The van der Waals surface area contributed by atoms with Crippen molar-refractivity contribution in [2.45, 2.75) is 44.4 Å². The Hall–Kier alpha value is -7.12. The average molecular weight is 868 g/mol. The second-order valence-corrected chi connectivity index (χ2v) is 14.9. The lowest BCUT2D eigenvalue weighted by atomic mass is 10.0. The lowest BCUT2D eigenvalue weighted by Gasteiger charge is -2.27. The number of amides is 5. The van der Waals surface area contributed by atoms with Gasteiger partial charge < -0.3 is 29.6 Å². The van der Waals surface area contributed by atoms with Crippen molar-refractivity contribution < 1.29 is 56.1 Å². The highest BCUT2D eigenvalue weighted by molar-refractivity contribution is 6.23. The van der Waals surface area contributed by atoms with E-state index in [9.17, 15) is 37.1 Å². The van der Waals surface area contributed by atoms with Crippen molar-refractivity contribution in [1.82, 2.24) is 25.0 Å². The summed E-state index contributed by atoms with van der Waals surface area (Å²) in [4.78, 5) is 69.6. The number of aromatic nitrogens is 3. The van der Waals surface area contributed by atoms with E-state index in [2.05, 4.69) is 15.4 Å². The van der Waals surface area contributed by atoms with Gasteiger partial charge in [0, 0.05) is 42.2 Å². The minimum Gasteiger partial charge on any atom is -0.491 e. The number of hydrogen-bond acceptors (Lipinski definition) is 12. The molecule has 3 aliphatic heterocycles. The predicted molar refractivity (Wildman–Crippen MR) is 218 cm³/mol. The number of carbonyl (C=O) groups is 5. The van der Waals surface area contributed by atoms with E-state index in [1.165, 1.54) is 24.3 Å². The molecule has 1 saturated heterocycles. The van der Waals surface area contributed by atoms with Crippen LogP contribution in [0.4, 0.5) is 24.7 Å². The van der Waals surface area contributed by atoms with Crippen molar-refractivity contribution in [1.29, 1.82) is 0 Å². The number of carbonyl (C=O) groups excluding carboxylic acids is 5. The van der Waals surface area contributed by atoms with Gasteiger partial charge in [0.1, 0.15) is 24.1 Å². The minimum atomic E-state index is -4.49. The third-order valence-electron chi connectivity index (χ3n) is 10.7. The molecule has 0 saturated carbocycles. The molecule has 3 N–H and O–H groups in total. The number of anilines is 2. The van der Waals surface area contributed by atoms with Gasteiger partial charge in [-0.2, -0.15) is 18.3 Å². The van der Waals surface area contributed by atoms with E-state index in [0.29, 0.717) is 67.8 Å². The van der Waals surface area contributed by atoms with Crippen LogP contribution in [0.25, 0.3) is 11.1 Å². The molecule has 1 unspecified atom stereocenters. The number of ether oxygens (including phenoxy) is 4. The number of imide groups is 2. The number of fused-ring (bicyclic) bond motifs is 2. The van der Waals surface area contributed by atoms with Gasteiger partial charge >= 0.3 is 6.18 Å². The summed E-state index contributed by atoms with van der Waals surface area (Å²) in [6.45, 7) is 2.24. The van der Waals surface area contributed by atoms with Crippen LogP contribution in [-0.2, 0) is 49.4 Å². The molecule has 0 radical (unpaired) electrons. The van der Waals surface area contributed by atoms with Gasteiger partial charge in [-0.15, -0.1) is 0 Å². The maximum absolute atomic E-state index is 13.2. The van der Waals surface area contributed by atoms with Crippen molar-refractivity contribution in [3.8, 4) is 28.4 Å². The van der Waals surface area contributed by atoms with E-state index < -0.39 is 41.4 Å². The second-order valence-electron chi connectivity index (χ2n) is 14.9. The van der Waals surface area contributed by atoms with Crippen LogP contribution in [0.15, 0.2) is 85.3 Å². The van der Waals surface area contributed by atoms with Gasteiger partial charge in [-0.1, -0.05) is 18.2 Å². The van der Waals surface area contributed by atoms with E-state index in [4.69, 9.17) is 24.7 Å². The Labute approximate surface area is 357 Å². The average Bonchev–Trinajstić information content (AvgIpc) is 3.97. The molecule has 5 heterocycles. The van der Waals surface area contributed by atoms with Crippen LogP contribution >= 0.6 is 0 Å². The number of halogens is 3. The zero-order chi connectivity index (χ0) is 44.3. The number of piperidine rings is 1. The molecule has 0 spiro atoms. The van der Waals surface area contributed by atoms with Gasteiger partial charge in [0.05, 0.1) is 62.3 Å². The van der Waals surface area contributed by atoms with Gasteiger partial charge in [0.2, 0.25) is 17.7 Å². The normalized spacial score (nSPS) is 16.0.